The van der Waals surface area contributed by atoms with Gasteiger partial charge < -0.3 is 4.74 Å². The summed E-state index contributed by atoms with van der Waals surface area (Å²) in [6.45, 7) is 3.79. The molecule has 3 N–H and O–H groups in total. The molecule has 1 aromatic carbocycles. The summed E-state index contributed by atoms with van der Waals surface area (Å²) in [7, 11) is 0. The van der Waals surface area contributed by atoms with Crippen molar-refractivity contribution >= 4 is 22.6 Å². The van der Waals surface area contributed by atoms with Crippen LogP contribution in [0.5, 0.6) is 0 Å². The number of nitrogens with one attached hydrogen (secondary N) is 1. The van der Waals surface area contributed by atoms with Crippen molar-refractivity contribution in [2.75, 3.05) is 13.2 Å². The molecule has 0 aliphatic carbocycles. The molecular formula is C12H17IN2O. The van der Waals surface area contributed by atoms with Crippen molar-refractivity contribution < 1.29 is 4.74 Å². The van der Waals surface area contributed by atoms with Gasteiger partial charge in [-0.05, 0) is 47.1 Å². The van der Waals surface area contributed by atoms with Crippen LogP contribution < -0.4 is 11.3 Å². The smallest absolute Gasteiger partial charge is 0.0521 e. The first-order chi connectivity index (χ1) is 7.74. The van der Waals surface area contributed by atoms with Crippen LogP contribution in [0.2, 0.25) is 0 Å². The number of hydrazine groups is 1. The Balaban J connectivity index is 2.28. The second-order valence-electron chi connectivity index (χ2n) is 4.25. The second kappa shape index (κ2) is 5.44. The van der Waals surface area contributed by atoms with Crippen molar-refractivity contribution in [3.8, 4) is 0 Å². The maximum atomic E-state index is 5.69. The van der Waals surface area contributed by atoms with Crippen molar-refractivity contribution in [1.82, 2.24) is 5.43 Å². The van der Waals surface area contributed by atoms with Crippen LogP contribution in [-0.4, -0.2) is 13.2 Å². The predicted molar refractivity (Wildman–Crippen MR) is 72.9 cm³/mol. The lowest BCUT2D eigenvalue weighted by Gasteiger charge is -2.23. The van der Waals surface area contributed by atoms with E-state index in [-0.39, 0.29) is 6.04 Å². The normalized spacial score (nSPS) is 22.3. The van der Waals surface area contributed by atoms with E-state index in [0.29, 0.717) is 5.92 Å². The van der Waals surface area contributed by atoms with Gasteiger partial charge in [0, 0.05) is 16.1 Å². The third kappa shape index (κ3) is 2.40. The number of hydrogen-bond donors (Lipinski definition) is 2. The van der Waals surface area contributed by atoms with Crippen LogP contribution in [-0.2, 0) is 4.74 Å². The van der Waals surface area contributed by atoms with E-state index in [4.69, 9.17) is 10.6 Å². The topological polar surface area (TPSA) is 47.3 Å². The fraction of sp³-hybridized carbons (Fsp3) is 0.500. The number of aryl methyl sites for hydroxylation is 1. The monoisotopic (exact) mass is 332 g/mol. The first kappa shape index (κ1) is 12.3. The molecule has 2 unspecified atom stereocenters. The average Bonchev–Trinajstić information content (AvgIpc) is 2.79. The molecule has 3 nitrogen and oxygen atoms in total. The number of benzene rings is 1. The summed E-state index contributed by atoms with van der Waals surface area (Å²) in [5.41, 5.74) is 5.54. The zero-order valence-electron chi connectivity index (χ0n) is 9.37. The fourth-order valence-electron chi connectivity index (χ4n) is 2.21. The maximum absolute atomic E-state index is 5.69. The molecule has 1 saturated heterocycles. The summed E-state index contributed by atoms with van der Waals surface area (Å²) in [6.07, 6.45) is 1.08. The summed E-state index contributed by atoms with van der Waals surface area (Å²) in [5.74, 6) is 6.18. The number of nitrogens with two attached hydrogens (primary N) is 1. The summed E-state index contributed by atoms with van der Waals surface area (Å²) in [5, 5.41) is 0. The molecule has 16 heavy (non-hydrogen) atoms. The van der Waals surface area contributed by atoms with Crippen LogP contribution in [0.25, 0.3) is 0 Å². The van der Waals surface area contributed by atoms with Crippen molar-refractivity contribution in [3.63, 3.8) is 0 Å². The molecule has 0 bridgehead atoms. The third-order valence-electron chi connectivity index (χ3n) is 3.17. The van der Waals surface area contributed by atoms with Gasteiger partial charge in [0.1, 0.15) is 0 Å². The molecule has 0 aromatic heterocycles. The van der Waals surface area contributed by atoms with Crippen LogP contribution >= 0.6 is 22.6 Å². The van der Waals surface area contributed by atoms with Gasteiger partial charge in [-0.15, -0.1) is 0 Å². The Hall–Kier alpha value is -0.170. The quantitative estimate of drug-likeness (QED) is 0.507. The lowest BCUT2D eigenvalue weighted by molar-refractivity contribution is 0.176. The van der Waals surface area contributed by atoms with Crippen LogP contribution in [0.15, 0.2) is 18.2 Å². The highest BCUT2D eigenvalue weighted by Gasteiger charge is 2.27. The molecule has 1 aliphatic heterocycles. The molecule has 1 heterocycles. The Morgan fingerprint density at radius 1 is 1.56 bits per heavy atom. The minimum Gasteiger partial charge on any atom is -0.381 e. The molecule has 2 atom stereocenters. The van der Waals surface area contributed by atoms with E-state index in [1.54, 1.807) is 0 Å². The van der Waals surface area contributed by atoms with Crippen LogP contribution in [0, 0.1) is 16.4 Å². The van der Waals surface area contributed by atoms with Gasteiger partial charge in [0.15, 0.2) is 0 Å². The largest absolute Gasteiger partial charge is 0.381 e. The molecule has 0 radical (unpaired) electrons. The molecule has 1 aliphatic rings. The first-order valence-corrected chi connectivity index (χ1v) is 6.60. The maximum Gasteiger partial charge on any atom is 0.0521 e. The van der Waals surface area contributed by atoms with E-state index < -0.39 is 0 Å². The van der Waals surface area contributed by atoms with Crippen LogP contribution in [0.3, 0.4) is 0 Å². The zero-order chi connectivity index (χ0) is 11.5. The third-order valence-corrected chi connectivity index (χ3v) is 4.65. The van der Waals surface area contributed by atoms with Gasteiger partial charge in [0.05, 0.1) is 12.6 Å². The molecule has 0 amide bonds. The zero-order valence-corrected chi connectivity index (χ0v) is 11.5. The molecular weight excluding hydrogens is 315 g/mol. The van der Waals surface area contributed by atoms with Gasteiger partial charge in [-0.3, -0.25) is 11.3 Å². The van der Waals surface area contributed by atoms with Crippen molar-refractivity contribution in [1.29, 1.82) is 0 Å². The summed E-state index contributed by atoms with van der Waals surface area (Å²) in [4.78, 5) is 0. The molecule has 0 spiro atoms. The van der Waals surface area contributed by atoms with Crippen molar-refractivity contribution in [2.24, 2.45) is 11.8 Å². The molecule has 4 heteroatoms. The molecule has 1 fully saturated rings. The highest BCUT2D eigenvalue weighted by atomic mass is 127. The van der Waals surface area contributed by atoms with Gasteiger partial charge in [-0.2, -0.15) is 0 Å². The van der Waals surface area contributed by atoms with Crippen LogP contribution in [0.4, 0.5) is 0 Å². The SMILES string of the molecule is Cc1cccc(C(NN)C2CCOC2)c1I. The summed E-state index contributed by atoms with van der Waals surface area (Å²) in [6, 6.07) is 6.57. The highest BCUT2D eigenvalue weighted by molar-refractivity contribution is 14.1. The Morgan fingerprint density at radius 3 is 3.00 bits per heavy atom. The number of rotatable bonds is 3. The van der Waals surface area contributed by atoms with E-state index in [2.05, 4.69) is 53.1 Å². The Bertz CT molecular complexity index is 364. The van der Waals surface area contributed by atoms with Gasteiger partial charge in [0.2, 0.25) is 0 Å². The number of hydrogen-bond acceptors (Lipinski definition) is 3. The molecule has 1 aromatic rings. The minimum absolute atomic E-state index is 0.203. The Morgan fingerprint density at radius 2 is 2.38 bits per heavy atom. The van der Waals surface area contributed by atoms with Crippen molar-refractivity contribution in [3.05, 3.63) is 32.9 Å². The summed E-state index contributed by atoms with van der Waals surface area (Å²) >= 11 is 2.39. The minimum atomic E-state index is 0.203. The number of halogens is 1. The standard InChI is InChI=1S/C12H17IN2O/c1-8-3-2-4-10(11(8)13)12(15-14)9-5-6-16-7-9/h2-4,9,12,15H,5-7,14H2,1H3. The predicted octanol–water partition coefficient (Wildman–Crippen LogP) is 2.14. The lowest BCUT2D eigenvalue weighted by atomic mass is 9.92. The van der Waals surface area contributed by atoms with Gasteiger partial charge in [0.25, 0.3) is 0 Å². The van der Waals surface area contributed by atoms with E-state index in [0.717, 1.165) is 19.6 Å². The molecule has 88 valence electrons. The molecule has 2 rings (SSSR count). The van der Waals surface area contributed by atoms with E-state index >= 15 is 0 Å². The lowest BCUT2D eigenvalue weighted by Crippen LogP contribution is -2.34. The van der Waals surface area contributed by atoms with Gasteiger partial charge in [-0.25, -0.2) is 0 Å². The first-order valence-electron chi connectivity index (χ1n) is 5.53. The number of ether oxygens (including phenoxy) is 1. The highest BCUT2D eigenvalue weighted by Crippen LogP contribution is 2.31. The van der Waals surface area contributed by atoms with Crippen LogP contribution in [0.1, 0.15) is 23.6 Å². The summed E-state index contributed by atoms with van der Waals surface area (Å²) < 4.78 is 6.73. The van der Waals surface area contributed by atoms with E-state index in [1.165, 1.54) is 14.7 Å². The Kier molecular flexibility index (Phi) is 4.18. The van der Waals surface area contributed by atoms with Gasteiger partial charge in [-0.1, -0.05) is 18.2 Å². The molecule has 0 saturated carbocycles. The van der Waals surface area contributed by atoms with E-state index in [9.17, 15) is 0 Å². The fourth-order valence-corrected chi connectivity index (χ4v) is 2.90. The van der Waals surface area contributed by atoms with Gasteiger partial charge >= 0.3 is 0 Å². The Labute approximate surface area is 110 Å². The average molecular weight is 332 g/mol. The van der Waals surface area contributed by atoms with Crippen molar-refractivity contribution in [2.45, 2.75) is 19.4 Å². The van der Waals surface area contributed by atoms with E-state index in [1.807, 2.05) is 0 Å². The second-order valence-corrected chi connectivity index (χ2v) is 5.32.